The Morgan fingerprint density at radius 2 is 1.83 bits per heavy atom. The van der Waals surface area contributed by atoms with Gasteiger partial charge in [0.1, 0.15) is 11.9 Å². The van der Waals surface area contributed by atoms with E-state index in [1.165, 1.54) is 12.1 Å². The van der Waals surface area contributed by atoms with Crippen molar-refractivity contribution in [2.45, 2.75) is 76.6 Å². The Bertz CT molecular complexity index is 1640. The monoisotopic (exact) mass is 722 g/mol. The van der Waals surface area contributed by atoms with Gasteiger partial charge in [0.05, 0.1) is 18.8 Å². The molecule has 3 amide bonds. The van der Waals surface area contributed by atoms with E-state index in [2.05, 4.69) is 44.6 Å². The summed E-state index contributed by atoms with van der Waals surface area (Å²) in [6.45, 7) is 15.6. The van der Waals surface area contributed by atoms with Gasteiger partial charge in [0.15, 0.2) is 0 Å². The lowest BCUT2D eigenvalue weighted by atomic mass is 9.91. The first-order chi connectivity index (χ1) is 24.9. The van der Waals surface area contributed by atoms with E-state index in [1.54, 1.807) is 12.1 Å². The molecule has 3 fully saturated rings. The third kappa shape index (κ3) is 9.08. The van der Waals surface area contributed by atoms with Gasteiger partial charge >= 0.3 is 0 Å². The molecule has 6 rings (SSSR count). The summed E-state index contributed by atoms with van der Waals surface area (Å²) >= 11 is 0. The van der Waals surface area contributed by atoms with Gasteiger partial charge in [0.2, 0.25) is 17.7 Å². The van der Waals surface area contributed by atoms with E-state index in [1.807, 2.05) is 29.7 Å². The number of hydrogen-bond acceptors (Lipinski definition) is 9. The molecule has 5 heterocycles. The average Bonchev–Trinajstić information content (AvgIpc) is 3.38. The van der Waals surface area contributed by atoms with Gasteiger partial charge in [-0.15, -0.1) is 0 Å². The molecular weight excluding hydrogens is 667 g/mol. The Kier molecular flexibility index (Phi) is 12.1. The van der Waals surface area contributed by atoms with Gasteiger partial charge in [0.25, 0.3) is 5.56 Å². The average molecular weight is 723 g/mol. The molecule has 0 saturated carbocycles. The Labute approximate surface area is 305 Å². The highest BCUT2D eigenvalue weighted by molar-refractivity contribution is 5.97. The molecule has 14 heteroatoms. The number of H-pyrrole nitrogens is 1. The summed E-state index contributed by atoms with van der Waals surface area (Å²) in [5.74, 6) is -0.366. The number of benzene rings is 1. The summed E-state index contributed by atoms with van der Waals surface area (Å²) in [7, 11) is 0. The number of hydrogen-bond donors (Lipinski definition) is 4. The maximum Gasteiger partial charge on any atom is 0.251 e. The lowest BCUT2D eigenvalue weighted by Gasteiger charge is -2.45. The Morgan fingerprint density at radius 1 is 1.04 bits per heavy atom. The Hall–Kier alpha value is -3.69. The van der Waals surface area contributed by atoms with E-state index >= 15 is 0 Å². The largest absolute Gasteiger partial charge is 0.366 e. The van der Waals surface area contributed by atoms with Crippen LogP contribution < -0.4 is 26.4 Å². The summed E-state index contributed by atoms with van der Waals surface area (Å²) in [5.41, 5.74) is 2.25. The van der Waals surface area contributed by atoms with Gasteiger partial charge in [-0.2, -0.15) is 0 Å². The molecule has 3 saturated heterocycles. The van der Waals surface area contributed by atoms with Gasteiger partial charge in [0, 0.05) is 113 Å². The summed E-state index contributed by atoms with van der Waals surface area (Å²) in [5, 5.41) is 9.64. The van der Waals surface area contributed by atoms with Crippen molar-refractivity contribution >= 4 is 23.4 Å². The topological polar surface area (TPSA) is 142 Å². The molecule has 1 aromatic heterocycles. The maximum atomic E-state index is 14.1. The van der Waals surface area contributed by atoms with Gasteiger partial charge in [-0.05, 0) is 44.0 Å². The number of nitrogens with one attached hydrogen (secondary N) is 4. The summed E-state index contributed by atoms with van der Waals surface area (Å²) < 4.78 is 19.0. The van der Waals surface area contributed by atoms with Crippen LogP contribution in [0.3, 0.4) is 0 Å². The number of nitrogens with zero attached hydrogens (tertiary/aromatic N) is 4. The van der Waals surface area contributed by atoms with Crippen LogP contribution in [0.4, 0.5) is 10.1 Å². The number of ether oxygens (including phenoxy) is 1. The van der Waals surface area contributed by atoms with Crippen LogP contribution >= 0.6 is 0 Å². The van der Waals surface area contributed by atoms with Crippen LogP contribution in [0.5, 0.6) is 0 Å². The highest BCUT2D eigenvalue weighted by Crippen LogP contribution is 2.39. The fourth-order valence-corrected chi connectivity index (χ4v) is 7.91. The molecule has 4 atom stereocenters. The van der Waals surface area contributed by atoms with E-state index in [9.17, 15) is 23.6 Å². The van der Waals surface area contributed by atoms with Crippen LogP contribution in [0, 0.1) is 5.82 Å². The summed E-state index contributed by atoms with van der Waals surface area (Å²) in [6.07, 6.45) is 0.833. The molecule has 4 aliphatic heterocycles. The molecule has 2 aromatic rings. The molecule has 52 heavy (non-hydrogen) atoms. The highest BCUT2D eigenvalue weighted by Gasteiger charge is 2.41. The van der Waals surface area contributed by atoms with Crippen molar-refractivity contribution in [3.63, 3.8) is 0 Å². The van der Waals surface area contributed by atoms with Crippen molar-refractivity contribution in [1.82, 2.24) is 35.6 Å². The van der Waals surface area contributed by atoms with E-state index in [4.69, 9.17) is 4.74 Å². The van der Waals surface area contributed by atoms with Gasteiger partial charge < -0.3 is 35.5 Å². The quantitative estimate of drug-likeness (QED) is 0.248. The van der Waals surface area contributed by atoms with Gasteiger partial charge in [-0.3, -0.25) is 29.0 Å². The fraction of sp³-hybridized carbons (Fsp3) is 0.632. The third-order valence-electron chi connectivity index (χ3n) is 10.9. The first-order valence-electron chi connectivity index (χ1n) is 18.8. The minimum atomic E-state index is -0.473. The number of carbonyl (C=O) groups excluding carboxylic acids is 3. The minimum Gasteiger partial charge on any atom is -0.366 e. The molecule has 0 spiro atoms. The molecule has 1 unspecified atom stereocenters. The molecule has 4 aliphatic rings. The van der Waals surface area contributed by atoms with Crippen LogP contribution in [0.2, 0.25) is 0 Å². The normalized spacial score (nSPS) is 25.2. The van der Waals surface area contributed by atoms with Crippen LogP contribution in [-0.2, 0) is 31.0 Å². The van der Waals surface area contributed by atoms with E-state index in [0.29, 0.717) is 64.2 Å². The number of aromatic amines is 1. The first kappa shape index (κ1) is 38.0. The van der Waals surface area contributed by atoms with E-state index < -0.39 is 11.5 Å². The van der Waals surface area contributed by atoms with Gasteiger partial charge in [-0.1, -0.05) is 26.0 Å². The number of anilines is 1. The number of halogens is 1. The lowest BCUT2D eigenvalue weighted by molar-refractivity contribution is -0.136. The molecule has 0 radical (unpaired) electrons. The van der Waals surface area contributed by atoms with Crippen LogP contribution in [0.1, 0.15) is 57.4 Å². The molecule has 0 aliphatic carbocycles. The molecule has 1 aromatic carbocycles. The van der Waals surface area contributed by atoms with Crippen molar-refractivity contribution < 1.29 is 23.5 Å². The van der Waals surface area contributed by atoms with Crippen LogP contribution in [0.15, 0.2) is 35.1 Å². The molecule has 4 N–H and O–H groups in total. The summed E-state index contributed by atoms with van der Waals surface area (Å²) in [6, 6.07) is 8.47. The smallest absolute Gasteiger partial charge is 0.251 e. The van der Waals surface area contributed by atoms with Crippen molar-refractivity contribution in [1.29, 1.82) is 0 Å². The zero-order valence-electron chi connectivity index (χ0n) is 31.0. The third-order valence-corrected chi connectivity index (χ3v) is 10.9. The number of aromatic nitrogens is 1. The lowest BCUT2D eigenvalue weighted by Crippen LogP contribution is -2.63. The second-order valence-corrected chi connectivity index (χ2v) is 15.6. The van der Waals surface area contributed by atoms with Crippen molar-refractivity contribution in [3.05, 3.63) is 63.3 Å². The molecule has 0 bridgehead atoms. The number of pyridine rings is 1. The van der Waals surface area contributed by atoms with E-state index in [-0.39, 0.29) is 53.8 Å². The number of morpholine rings is 1. The number of fused-ring (bicyclic) bond motifs is 1. The standard InChI is InChI=1S/C38H55FN8O5/c1-25-20-46(23-34(49)47-24-38(3,4)35-31(47)17-28(36(50)43-35)16-27-7-9-29(39)10-8-27)30(18-42-25)22-44-13-14-45(21-26(44)2)33(48)6-5-11-41-37(51)32-19-40-12-15-52-32/h7-10,17,25-26,30,32,40,42H,5-6,11-16,18-24H2,1-4H3,(H,41,51)(H,43,50)/t25-,26-,30-,32?/m1/s1. The fourth-order valence-electron chi connectivity index (χ4n) is 7.91. The maximum absolute atomic E-state index is 14.1. The number of rotatable bonds is 11. The number of amides is 3. The van der Waals surface area contributed by atoms with Gasteiger partial charge in [-0.25, -0.2) is 4.39 Å². The SMILES string of the molecule is C[C@@H]1CN(CC(=O)N2CC(C)(C)c3[nH]c(=O)c(Cc4ccc(F)cc4)cc32)[C@@H](CN2CCN(C(=O)CCCNC(=O)C3CNCCO3)C[C@H]2C)CN1. The predicted molar refractivity (Wildman–Crippen MR) is 197 cm³/mol. The van der Waals surface area contributed by atoms with Crippen LogP contribution in [0.25, 0.3) is 0 Å². The van der Waals surface area contributed by atoms with Crippen LogP contribution in [-0.4, -0.2) is 140 Å². The summed E-state index contributed by atoms with van der Waals surface area (Å²) in [4.78, 5) is 64.2. The molecule has 284 valence electrons. The van der Waals surface area contributed by atoms with Crippen molar-refractivity contribution in [2.24, 2.45) is 0 Å². The van der Waals surface area contributed by atoms with E-state index in [0.717, 1.165) is 49.7 Å². The molecular formula is C38H55FN8O5. The number of carbonyl (C=O) groups is 3. The predicted octanol–water partition coefficient (Wildman–Crippen LogP) is 0.809. The number of piperazine rings is 2. The highest BCUT2D eigenvalue weighted by atomic mass is 19.1. The molecule has 13 nitrogen and oxygen atoms in total. The zero-order valence-corrected chi connectivity index (χ0v) is 31.0. The second-order valence-electron chi connectivity index (χ2n) is 15.6. The second kappa shape index (κ2) is 16.5. The first-order valence-corrected chi connectivity index (χ1v) is 18.8. The minimum absolute atomic E-state index is 0.00621. The Morgan fingerprint density at radius 3 is 2.56 bits per heavy atom. The zero-order chi connectivity index (χ0) is 37.0. The Balaban J connectivity index is 1.03. The van der Waals surface area contributed by atoms with Crippen molar-refractivity contribution in [3.8, 4) is 0 Å². The van der Waals surface area contributed by atoms with Crippen molar-refractivity contribution in [2.75, 3.05) is 83.5 Å².